The second-order valence-electron chi connectivity index (χ2n) is 13.9. The summed E-state index contributed by atoms with van der Waals surface area (Å²) in [6.07, 6.45) is 12.7. The molecule has 4 aliphatic rings. The summed E-state index contributed by atoms with van der Waals surface area (Å²) >= 11 is 6.46. The third kappa shape index (κ3) is 6.56. The van der Waals surface area contributed by atoms with Crippen molar-refractivity contribution in [2.75, 3.05) is 24.6 Å². The predicted molar refractivity (Wildman–Crippen MR) is 187 cm³/mol. The van der Waals surface area contributed by atoms with Gasteiger partial charge in [-0.1, -0.05) is 35.0 Å². The summed E-state index contributed by atoms with van der Waals surface area (Å²) in [5.41, 5.74) is 4.51. The first-order chi connectivity index (χ1) is 22.6. The highest BCUT2D eigenvalue weighted by Gasteiger charge is 2.44. The zero-order chi connectivity index (χ0) is 32.8. The molecule has 0 radical (unpaired) electrons. The van der Waals surface area contributed by atoms with Crippen LogP contribution in [0, 0.1) is 11.8 Å². The van der Waals surface area contributed by atoms with Crippen molar-refractivity contribution in [3.8, 4) is 5.75 Å². The number of hydrogen-bond donors (Lipinski definition) is 1. The zero-order valence-electron chi connectivity index (χ0n) is 27.2. The van der Waals surface area contributed by atoms with Crippen LogP contribution in [-0.4, -0.2) is 62.0 Å². The van der Waals surface area contributed by atoms with E-state index in [4.69, 9.17) is 21.1 Å². The molecule has 7 rings (SSSR count). The Morgan fingerprint density at radius 2 is 2.09 bits per heavy atom. The van der Waals surface area contributed by atoms with Crippen LogP contribution in [0.1, 0.15) is 72.6 Å². The Morgan fingerprint density at radius 1 is 1.21 bits per heavy atom. The highest BCUT2D eigenvalue weighted by atomic mass is 35.5. The summed E-state index contributed by atoms with van der Waals surface area (Å²) in [7, 11) is -1.04. The second kappa shape index (κ2) is 12.9. The van der Waals surface area contributed by atoms with Gasteiger partial charge in [-0.05, 0) is 111 Å². The molecule has 47 heavy (non-hydrogen) atoms. The molecular formula is C36H44ClN5O4S. The number of aromatic nitrogens is 3. The fraction of sp³-hybridized carbons (Fsp3) is 0.500. The van der Waals surface area contributed by atoms with Crippen molar-refractivity contribution >= 4 is 38.8 Å². The van der Waals surface area contributed by atoms with E-state index in [9.17, 15) is 9.00 Å². The van der Waals surface area contributed by atoms with E-state index in [1.54, 1.807) is 10.7 Å². The molecule has 3 heterocycles. The van der Waals surface area contributed by atoms with E-state index in [-0.39, 0.29) is 22.7 Å². The van der Waals surface area contributed by atoms with Gasteiger partial charge in [0.25, 0.3) is 5.91 Å². The molecular weight excluding hydrogens is 634 g/mol. The highest BCUT2D eigenvalue weighted by molar-refractivity contribution is 7.99. The van der Waals surface area contributed by atoms with Crippen LogP contribution in [-0.2, 0) is 39.9 Å². The Bertz CT molecular complexity index is 1790. The van der Waals surface area contributed by atoms with Gasteiger partial charge in [-0.25, -0.2) is 4.21 Å². The second-order valence-corrected chi connectivity index (χ2v) is 16.8. The van der Waals surface area contributed by atoms with Gasteiger partial charge < -0.3 is 14.4 Å². The van der Waals surface area contributed by atoms with Gasteiger partial charge in [-0.15, -0.1) is 5.10 Å². The Morgan fingerprint density at radius 3 is 2.87 bits per heavy atom. The average molecular weight is 678 g/mol. The van der Waals surface area contributed by atoms with Crippen molar-refractivity contribution in [3.63, 3.8) is 0 Å². The number of amides is 1. The molecule has 0 saturated heterocycles. The average Bonchev–Trinajstić information content (AvgIpc) is 3.39. The van der Waals surface area contributed by atoms with Gasteiger partial charge in [0.15, 0.2) is 0 Å². The minimum atomic E-state index is -2.89. The smallest absolute Gasteiger partial charge is 0.262 e. The monoisotopic (exact) mass is 677 g/mol. The van der Waals surface area contributed by atoms with E-state index in [1.165, 1.54) is 11.1 Å². The fourth-order valence-electron chi connectivity index (χ4n) is 7.83. The number of benzene rings is 2. The first-order valence-electron chi connectivity index (χ1n) is 16.7. The van der Waals surface area contributed by atoms with E-state index in [1.807, 2.05) is 38.4 Å². The van der Waals surface area contributed by atoms with Crippen LogP contribution in [0.25, 0.3) is 0 Å². The Kier molecular flexibility index (Phi) is 8.87. The van der Waals surface area contributed by atoms with Crippen LogP contribution in [0.5, 0.6) is 5.75 Å². The van der Waals surface area contributed by atoms with Gasteiger partial charge in [0.05, 0.1) is 40.9 Å². The van der Waals surface area contributed by atoms with Crippen LogP contribution in [0.2, 0.25) is 5.02 Å². The van der Waals surface area contributed by atoms with Crippen LogP contribution < -0.4 is 14.4 Å². The first-order valence-corrected chi connectivity index (χ1v) is 18.9. The normalized spacial score (nSPS) is 31.5. The number of allylic oxidation sites excluding steroid dienone is 1. The first kappa shape index (κ1) is 32.2. The van der Waals surface area contributed by atoms with Crippen molar-refractivity contribution < 1.29 is 18.5 Å². The number of nitrogens with one attached hydrogen (secondary N) is 1. The molecule has 9 nitrogen and oxygen atoms in total. The zero-order valence-corrected chi connectivity index (χ0v) is 28.8. The molecule has 2 aromatic carbocycles. The van der Waals surface area contributed by atoms with E-state index in [0.29, 0.717) is 43.5 Å². The molecule has 3 aromatic rings. The van der Waals surface area contributed by atoms with E-state index in [2.05, 4.69) is 50.1 Å². The van der Waals surface area contributed by atoms with Crippen molar-refractivity contribution in [3.05, 3.63) is 82.2 Å². The molecule has 1 N–H and O–H groups in total. The highest BCUT2D eigenvalue weighted by Crippen LogP contribution is 2.47. The number of ether oxygens (including phenoxy) is 2. The lowest BCUT2D eigenvalue weighted by molar-refractivity contribution is -0.0237. The Hall–Kier alpha value is -3.34. The topological polar surface area (TPSA) is 98.6 Å². The lowest BCUT2D eigenvalue weighted by Gasteiger charge is -2.46. The number of anilines is 1. The maximum atomic E-state index is 13.6. The van der Waals surface area contributed by atoms with Crippen molar-refractivity contribution in [2.24, 2.45) is 18.9 Å². The van der Waals surface area contributed by atoms with Crippen molar-refractivity contribution in [2.45, 2.75) is 75.2 Å². The van der Waals surface area contributed by atoms with Crippen molar-refractivity contribution in [1.82, 2.24) is 19.7 Å². The van der Waals surface area contributed by atoms with Gasteiger partial charge >= 0.3 is 0 Å². The third-order valence-corrected chi connectivity index (χ3v) is 13.0. The molecule has 1 spiro atoms. The van der Waals surface area contributed by atoms with Gasteiger partial charge in [0, 0.05) is 41.4 Å². The Balaban J connectivity index is 1.26. The third-order valence-electron chi connectivity index (χ3n) is 10.7. The molecule has 1 fully saturated rings. The van der Waals surface area contributed by atoms with E-state index < -0.39 is 9.71 Å². The molecule has 11 heteroatoms. The molecule has 2 bridgehead atoms. The van der Waals surface area contributed by atoms with E-state index >= 15 is 0 Å². The van der Waals surface area contributed by atoms with Gasteiger partial charge in [-0.3, -0.25) is 14.2 Å². The summed E-state index contributed by atoms with van der Waals surface area (Å²) < 4.78 is 31.3. The lowest BCUT2D eigenvalue weighted by Crippen LogP contribution is -2.49. The lowest BCUT2D eigenvalue weighted by atomic mass is 9.68. The van der Waals surface area contributed by atoms with Gasteiger partial charge in [0.2, 0.25) is 0 Å². The van der Waals surface area contributed by atoms with Crippen LogP contribution in [0.15, 0.2) is 54.7 Å². The van der Waals surface area contributed by atoms with Gasteiger partial charge in [0.1, 0.15) is 11.4 Å². The quantitative estimate of drug-likeness (QED) is 0.283. The van der Waals surface area contributed by atoms with Crippen molar-refractivity contribution in [1.29, 1.82) is 0 Å². The number of carbonyl (C=O) groups is 1. The molecule has 6 atom stereocenters. The fourth-order valence-corrected chi connectivity index (χ4v) is 9.17. The number of aryl methyl sites for hydroxylation is 2. The van der Waals surface area contributed by atoms with Crippen LogP contribution in [0.3, 0.4) is 0 Å². The maximum absolute atomic E-state index is 13.6. The van der Waals surface area contributed by atoms with Crippen LogP contribution in [0.4, 0.5) is 5.69 Å². The molecule has 250 valence electrons. The summed E-state index contributed by atoms with van der Waals surface area (Å²) in [5, 5.41) is 8.76. The van der Waals surface area contributed by atoms with Crippen LogP contribution >= 0.6 is 11.6 Å². The SMILES string of the molecule is C=S1(=O)NC(=O)c2ccc3c(c2)N(C[C@@H]2CC[C@H]2[C@@H](OCc2cn(C)nn2)/C=C/CC[C@H]1C)C[C@@]1(CCCc2cc(Cl)ccc21)CO3. The predicted octanol–water partition coefficient (Wildman–Crippen LogP) is 5.65. The number of carbonyl (C=O) groups excluding carboxylic acids is 1. The molecule has 1 amide bonds. The summed E-state index contributed by atoms with van der Waals surface area (Å²) in [4.78, 5) is 16.0. The van der Waals surface area contributed by atoms with Gasteiger partial charge in [-0.2, -0.15) is 0 Å². The van der Waals surface area contributed by atoms with E-state index in [0.717, 1.165) is 67.3 Å². The number of halogens is 1. The molecule has 1 saturated carbocycles. The molecule has 2 aliphatic carbocycles. The number of rotatable bonds is 3. The molecule has 1 unspecified atom stereocenters. The molecule has 2 aliphatic heterocycles. The standard InChI is InChI=1S/C36H44ClN5O4S/c1-24-7-4-5-9-33(45-21-29-20-41(2)40-38-29)30-13-10-27(30)19-42-22-36(16-6-8-25-17-28(37)12-14-31(25)36)23-46-34-15-11-26(18-32(34)42)35(43)39-47(24,3)44/h5,9,11-12,14-15,17-18,20,24,27,30,33H,3-4,6-8,10,13,16,19,21-23H2,1-2H3,(H,39,43,44)/b9-5+/t24-,27+,30-,33+,36+,47?/m1/s1. The Labute approximate surface area is 282 Å². The summed E-state index contributed by atoms with van der Waals surface area (Å²) in [6, 6.07) is 11.9. The largest absolute Gasteiger partial charge is 0.490 e. The summed E-state index contributed by atoms with van der Waals surface area (Å²) in [5.74, 6) is 5.04. The number of fused-ring (bicyclic) bond motifs is 4. The summed E-state index contributed by atoms with van der Waals surface area (Å²) in [6.45, 7) is 4.37. The number of nitrogens with zero attached hydrogens (tertiary/aromatic N) is 4. The minimum Gasteiger partial charge on any atom is -0.490 e. The minimum absolute atomic E-state index is 0.0941. The maximum Gasteiger partial charge on any atom is 0.262 e. The molecule has 1 aromatic heterocycles. The number of hydrogen-bond acceptors (Lipinski definition) is 7.